The van der Waals surface area contributed by atoms with Crippen LogP contribution in [0.25, 0.3) is 11.3 Å². The van der Waals surface area contributed by atoms with Crippen LogP contribution in [0, 0.1) is 0 Å². The molecule has 0 unspecified atom stereocenters. The Hall–Kier alpha value is -4.32. The van der Waals surface area contributed by atoms with Gasteiger partial charge in [-0.25, -0.2) is 13.4 Å². The number of nitrogens with one attached hydrogen (secondary N) is 1. The van der Waals surface area contributed by atoms with Gasteiger partial charge in [-0.3, -0.25) is 9.71 Å². The van der Waals surface area contributed by atoms with Gasteiger partial charge in [-0.2, -0.15) is 0 Å². The first kappa shape index (κ1) is 25.8. The lowest BCUT2D eigenvalue weighted by molar-refractivity contribution is -0.274. The molecule has 0 fully saturated rings. The lowest BCUT2D eigenvalue weighted by Crippen LogP contribution is -2.18. The highest BCUT2D eigenvalue weighted by Gasteiger charge is 2.31. The predicted octanol–water partition coefficient (Wildman–Crippen LogP) is 5.06. The normalized spacial score (nSPS) is 11.7. The summed E-state index contributed by atoms with van der Waals surface area (Å²) in [5.41, 5.74) is 8.69. The molecule has 4 aromatic rings. The molecule has 0 spiro atoms. The predicted molar refractivity (Wildman–Crippen MR) is 134 cm³/mol. The van der Waals surface area contributed by atoms with Crippen molar-refractivity contribution in [2.75, 3.05) is 22.4 Å². The summed E-state index contributed by atoms with van der Waals surface area (Å²) in [6.07, 6.45) is -1.89. The molecule has 0 amide bonds. The average molecular weight is 530 g/mol. The summed E-state index contributed by atoms with van der Waals surface area (Å²) in [5, 5.41) is 0. The van der Waals surface area contributed by atoms with E-state index in [1.807, 2.05) is 17.0 Å². The third kappa shape index (κ3) is 6.67. The van der Waals surface area contributed by atoms with Crippen molar-refractivity contribution in [3.63, 3.8) is 0 Å². The van der Waals surface area contributed by atoms with Gasteiger partial charge in [-0.1, -0.05) is 24.3 Å². The number of alkyl halides is 3. The van der Waals surface area contributed by atoms with E-state index >= 15 is 0 Å². The fourth-order valence-corrected chi connectivity index (χ4v) is 4.51. The molecule has 0 saturated carbocycles. The minimum atomic E-state index is -4.74. The summed E-state index contributed by atoms with van der Waals surface area (Å²) in [5.74, 6) is -0.217. The number of benzene rings is 3. The minimum absolute atomic E-state index is 0.0367. The number of nitrogen functional groups attached to an aromatic ring is 1. The lowest BCUT2D eigenvalue weighted by Gasteiger charge is -2.20. The Morgan fingerprint density at radius 3 is 2.16 bits per heavy atom. The second-order valence-corrected chi connectivity index (χ2v) is 9.71. The number of anilines is 3. The van der Waals surface area contributed by atoms with E-state index in [9.17, 15) is 21.6 Å². The van der Waals surface area contributed by atoms with Crippen molar-refractivity contribution < 1.29 is 26.3 Å². The standard InChI is InChI=1S/C25H22F3N5O3S/c1-33(20-8-10-21(11-9-20)36-25(26,27)28)16-17-2-4-18(5-3-17)23-24(31-15-14-30-23)32-37(34,35)22-12-6-19(29)7-13-22/h2-15H,16,29H2,1H3,(H,31,32). The molecule has 0 aliphatic heterocycles. The molecule has 0 aliphatic carbocycles. The average Bonchev–Trinajstić information content (AvgIpc) is 2.84. The molecule has 37 heavy (non-hydrogen) atoms. The Morgan fingerprint density at radius 2 is 1.54 bits per heavy atom. The SMILES string of the molecule is CN(Cc1ccc(-c2nccnc2NS(=O)(=O)c2ccc(N)cc2)cc1)c1ccc(OC(F)(F)F)cc1. The van der Waals surface area contributed by atoms with Crippen LogP contribution in [0.1, 0.15) is 5.56 Å². The van der Waals surface area contributed by atoms with E-state index in [2.05, 4.69) is 19.4 Å². The molecule has 0 atom stereocenters. The van der Waals surface area contributed by atoms with Gasteiger partial charge in [-0.15, -0.1) is 13.2 Å². The third-order valence-corrected chi connectivity index (χ3v) is 6.63. The van der Waals surface area contributed by atoms with Crippen molar-refractivity contribution in [3.05, 3.63) is 90.8 Å². The molecular formula is C25H22F3N5O3S. The largest absolute Gasteiger partial charge is 0.573 e. The molecule has 1 aromatic heterocycles. The van der Waals surface area contributed by atoms with Crippen molar-refractivity contribution in [2.45, 2.75) is 17.8 Å². The number of ether oxygens (including phenoxy) is 1. The van der Waals surface area contributed by atoms with Gasteiger partial charge in [0.1, 0.15) is 11.4 Å². The third-order valence-electron chi connectivity index (χ3n) is 5.28. The van der Waals surface area contributed by atoms with Gasteiger partial charge in [0.25, 0.3) is 10.0 Å². The maximum atomic E-state index is 12.8. The van der Waals surface area contributed by atoms with Gasteiger partial charge in [0.15, 0.2) is 5.82 Å². The van der Waals surface area contributed by atoms with Gasteiger partial charge < -0.3 is 15.4 Å². The topological polar surface area (TPSA) is 110 Å². The van der Waals surface area contributed by atoms with Crippen LogP contribution in [0.2, 0.25) is 0 Å². The van der Waals surface area contributed by atoms with Crippen LogP contribution < -0.4 is 20.1 Å². The number of nitrogens with two attached hydrogens (primary N) is 1. The monoisotopic (exact) mass is 529 g/mol. The molecule has 3 N–H and O–H groups in total. The minimum Gasteiger partial charge on any atom is -0.406 e. The number of rotatable bonds is 8. The van der Waals surface area contributed by atoms with Crippen molar-refractivity contribution in [1.29, 1.82) is 0 Å². The van der Waals surface area contributed by atoms with Crippen LogP contribution >= 0.6 is 0 Å². The van der Waals surface area contributed by atoms with Crippen LogP contribution in [-0.2, 0) is 16.6 Å². The molecule has 192 valence electrons. The summed E-state index contributed by atoms with van der Waals surface area (Å²) in [4.78, 5) is 10.4. The highest BCUT2D eigenvalue weighted by Crippen LogP contribution is 2.28. The molecule has 4 rings (SSSR count). The van der Waals surface area contributed by atoms with Gasteiger partial charge in [0.05, 0.1) is 4.90 Å². The molecular weight excluding hydrogens is 507 g/mol. The maximum Gasteiger partial charge on any atom is 0.573 e. The fraction of sp³-hybridized carbons (Fsp3) is 0.120. The number of halogens is 3. The summed E-state index contributed by atoms with van der Waals surface area (Å²) in [7, 11) is -2.11. The van der Waals surface area contributed by atoms with E-state index in [0.29, 0.717) is 29.2 Å². The molecule has 12 heteroatoms. The van der Waals surface area contributed by atoms with E-state index in [-0.39, 0.29) is 16.5 Å². The number of nitrogens with zero attached hydrogens (tertiary/aromatic N) is 3. The zero-order chi connectivity index (χ0) is 26.6. The number of hydrogen-bond acceptors (Lipinski definition) is 7. The second kappa shape index (κ2) is 10.3. The molecule has 3 aromatic carbocycles. The van der Waals surface area contributed by atoms with E-state index in [4.69, 9.17) is 5.73 Å². The summed E-state index contributed by atoms with van der Waals surface area (Å²) in [6, 6.07) is 18.6. The van der Waals surface area contributed by atoms with Crippen LogP contribution in [-0.4, -0.2) is 31.8 Å². The van der Waals surface area contributed by atoms with Crippen LogP contribution in [0.15, 0.2) is 90.1 Å². The summed E-state index contributed by atoms with van der Waals surface area (Å²) < 4.78 is 69.1. The highest BCUT2D eigenvalue weighted by atomic mass is 32.2. The Bertz CT molecular complexity index is 1460. The van der Waals surface area contributed by atoms with Crippen molar-refractivity contribution >= 4 is 27.2 Å². The smallest absolute Gasteiger partial charge is 0.406 e. The Kier molecular flexibility index (Phi) is 7.21. The first-order valence-electron chi connectivity index (χ1n) is 10.9. The molecule has 0 aliphatic rings. The van der Waals surface area contributed by atoms with E-state index in [0.717, 1.165) is 5.56 Å². The lowest BCUT2D eigenvalue weighted by atomic mass is 10.1. The van der Waals surface area contributed by atoms with Crippen molar-refractivity contribution in [2.24, 2.45) is 0 Å². The molecule has 0 bridgehead atoms. The van der Waals surface area contributed by atoms with Crippen LogP contribution in [0.5, 0.6) is 5.75 Å². The first-order valence-corrected chi connectivity index (χ1v) is 12.3. The zero-order valence-electron chi connectivity index (χ0n) is 19.5. The molecule has 1 heterocycles. The van der Waals surface area contributed by atoms with E-state index < -0.39 is 16.4 Å². The Labute approximate surface area is 211 Å². The number of sulfonamides is 1. The van der Waals surface area contributed by atoms with Crippen molar-refractivity contribution in [1.82, 2.24) is 9.97 Å². The van der Waals surface area contributed by atoms with Crippen molar-refractivity contribution in [3.8, 4) is 17.0 Å². The van der Waals surface area contributed by atoms with E-state index in [1.165, 1.54) is 60.9 Å². The van der Waals surface area contributed by atoms with Gasteiger partial charge in [-0.05, 0) is 54.1 Å². The fourth-order valence-electron chi connectivity index (χ4n) is 3.49. The Morgan fingerprint density at radius 1 is 0.919 bits per heavy atom. The zero-order valence-corrected chi connectivity index (χ0v) is 20.3. The first-order chi connectivity index (χ1) is 17.5. The molecule has 0 saturated heterocycles. The van der Waals surface area contributed by atoms with E-state index in [1.54, 1.807) is 19.2 Å². The van der Waals surface area contributed by atoms with Crippen LogP contribution in [0.4, 0.5) is 30.4 Å². The maximum absolute atomic E-state index is 12.8. The molecule has 8 nitrogen and oxygen atoms in total. The van der Waals surface area contributed by atoms with Gasteiger partial charge >= 0.3 is 6.36 Å². The second-order valence-electron chi connectivity index (χ2n) is 8.02. The summed E-state index contributed by atoms with van der Waals surface area (Å²) >= 11 is 0. The van der Waals surface area contributed by atoms with Gasteiger partial charge in [0.2, 0.25) is 0 Å². The molecule has 0 radical (unpaired) electrons. The highest BCUT2D eigenvalue weighted by molar-refractivity contribution is 7.92. The Balaban J connectivity index is 1.48. The van der Waals surface area contributed by atoms with Gasteiger partial charge in [0, 0.05) is 42.9 Å². The summed E-state index contributed by atoms with van der Waals surface area (Å²) in [6.45, 7) is 0.469. The number of hydrogen-bond donors (Lipinski definition) is 2. The quantitative estimate of drug-likeness (QED) is 0.307. The van der Waals surface area contributed by atoms with Crippen LogP contribution in [0.3, 0.4) is 0 Å². The number of aromatic nitrogens is 2.